The van der Waals surface area contributed by atoms with Gasteiger partial charge in [-0.25, -0.2) is 9.78 Å². The Kier molecular flexibility index (Phi) is 3.13. The number of nitrogens with zero attached hydrogens (tertiary/aromatic N) is 1. The summed E-state index contributed by atoms with van der Waals surface area (Å²) < 4.78 is 4.93. The van der Waals surface area contributed by atoms with E-state index in [1.165, 1.54) is 7.11 Å². The van der Waals surface area contributed by atoms with E-state index >= 15 is 0 Å². The van der Waals surface area contributed by atoms with E-state index in [1.807, 2.05) is 0 Å². The number of carbonyl (C=O) groups excluding carboxylic acids is 1. The van der Waals surface area contributed by atoms with Gasteiger partial charge in [-0.05, 0) is 0 Å². The van der Waals surface area contributed by atoms with E-state index in [-0.39, 0.29) is 10.3 Å². The minimum atomic E-state index is -0.626. The summed E-state index contributed by atoms with van der Waals surface area (Å²) in [6, 6.07) is 0. The fraction of sp³-hybridized carbons (Fsp3) is 0.200. The molecule has 0 bridgehead atoms. The highest BCUT2D eigenvalue weighted by atomic mass is 35.5. The standard InChI is InChI=1S/C5H4Cl2N2O2S/c1-11-5(10)9-3-2(6)12-4(7)8-3/h1H3,(H,9,10). The van der Waals surface area contributed by atoms with E-state index in [1.54, 1.807) is 0 Å². The second kappa shape index (κ2) is 3.93. The summed E-state index contributed by atoms with van der Waals surface area (Å²) in [5.41, 5.74) is 0. The molecule has 1 amide bonds. The van der Waals surface area contributed by atoms with Gasteiger partial charge in [-0.3, -0.25) is 5.32 Å². The fourth-order valence-corrected chi connectivity index (χ4v) is 1.72. The van der Waals surface area contributed by atoms with Crippen LogP contribution >= 0.6 is 34.5 Å². The average molecular weight is 227 g/mol. The Morgan fingerprint density at radius 2 is 2.33 bits per heavy atom. The molecule has 0 aromatic carbocycles. The topological polar surface area (TPSA) is 51.2 Å². The van der Waals surface area contributed by atoms with Gasteiger partial charge >= 0.3 is 6.09 Å². The van der Waals surface area contributed by atoms with Gasteiger partial charge in [-0.2, -0.15) is 0 Å². The van der Waals surface area contributed by atoms with Crippen LogP contribution in [0.5, 0.6) is 0 Å². The van der Waals surface area contributed by atoms with Crippen molar-refractivity contribution < 1.29 is 9.53 Å². The van der Waals surface area contributed by atoms with E-state index in [2.05, 4.69) is 15.0 Å². The predicted octanol–water partition coefficient (Wildman–Crippen LogP) is 2.63. The Balaban J connectivity index is 2.75. The number of hydrogen-bond donors (Lipinski definition) is 1. The third-order valence-electron chi connectivity index (χ3n) is 0.966. The zero-order valence-electron chi connectivity index (χ0n) is 5.93. The van der Waals surface area contributed by atoms with E-state index < -0.39 is 6.09 Å². The molecular weight excluding hydrogens is 223 g/mol. The molecule has 0 unspecified atom stereocenters. The van der Waals surface area contributed by atoms with Gasteiger partial charge in [0.25, 0.3) is 0 Å². The van der Waals surface area contributed by atoms with Crippen LogP contribution in [0.4, 0.5) is 10.6 Å². The molecule has 1 aromatic heterocycles. The Labute approximate surface area is 82.5 Å². The average Bonchev–Trinajstić information content (AvgIpc) is 2.30. The number of thiazole rings is 1. The molecule has 0 radical (unpaired) electrons. The molecule has 12 heavy (non-hydrogen) atoms. The molecule has 4 nitrogen and oxygen atoms in total. The van der Waals surface area contributed by atoms with E-state index in [9.17, 15) is 4.79 Å². The second-order valence-electron chi connectivity index (χ2n) is 1.71. The van der Waals surface area contributed by atoms with Crippen molar-refractivity contribution in [3.63, 3.8) is 0 Å². The largest absolute Gasteiger partial charge is 0.453 e. The van der Waals surface area contributed by atoms with Gasteiger partial charge in [-0.1, -0.05) is 34.5 Å². The first kappa shape index (κ1) is 9.57. The summed E-state index contributed by atoms with van der Waals surface area (Å²) >= 11 is 12.2. The molecule has 0 saturated carbocycles. The van der Waals surface area contributed by atoms with E-state index in [0.29, 0.717) is 4.34 Å². The zero-order valence-corrected chi connectivity index (χ0v) is 8.26. The van der Waals surface area contributed by atoms with Gasteiger partial charge in [-0.15, -0.1) is 0 Å². The summed E-state index contributed by atoms with van der Waals surface area (Å²) in [5.74, 6) is 0.221. The van der Waals surface area contributed by atoms with Crippen LogP contribution in [-0.2, 0) is 4.74 Å². The molecule has 1 aromatic rings. The maximum Gasteiger partial charge on any atom is 0.412 e. The first-order valence-corrected chi connectivity index (χ1v) is 4.37. The van der Waals surface area contributed by atoms with Crippen molar-refractivity contribution in [1.82, 2.24) is 4.98 Å². The summed E-state index contributed by atoms with van der Waals surface area (Å²) in [6.07, 6.45) is -0.626. The molecule has 66 valence electrons. The fourth-order valence-electron chi connectivity index (χ4n) is 0.502. The van der Waals surface area contributed by atoms with E-state index in [0.717, 1.165) is 11.3 Å². The third-order valence-corrected chi connectivity index (χ3v) is 2.32. The number of aromatic nitrogens is 1. The lowest BCUT2D eigenvalue weighted by Crippen LogP contribution is -2.11. The number of rotatable bonds is 1. The number of nitrogens with one attached hydrogen (secondary N) is 1. The monoisotopic (exact) mass is 226 g/mol. The lowest BCUT2D eigenvalue weighted by molar-refractivity contribution is 0.187. The summed E-state index contributed by atoms with van der Waals surface area (Å²) in [5, 5.41) is 2.30. The summed E-state index contributed by atoms with van der Waals surface area (Å²) in [4.78, 5) is 14.4. The maximum absolute atomic E-state index is 10.7. The van der Waals surface area contributed by atoms with Crippen LogP contribution < -0.4 is 5.32 Å². The number of carbonyl (C=O) groups is 1. The molecular formula is C5H4Cl2N2O2S. The Morgan fingerprint density at radius 3 is 2.75 bits per heavy atom. The molecule has 1 N–H and O–H groups in total. The quantitative estimate of drug-likeness (QED) is 0.802. The number of methoxy groups -OCH3 is 1. The van der Waals surface area contributed by atoms with Crippen molar-refractivity contribution in [2.75, 3.05) is 12.4 Å². The lowest BCUT2D eigenvalue weighted by Gasteiger charge is -1.98. The third kappa shape index (κ3) is 2.23. The molecule has 0 fully saturated rings. The highest BCUT2D eigenvalue weighted by molar-refractivity contribution is 7.20. The SMILES string of the molecule is COC(=O)Nc1nc(Cl)sc1Cl. The van der Waals surface area contributed by atoms with Crippen LogP contribution in [0.2, 0.25) is 8.80 Å². The smallest absolute Gasteiger partial charge is 0.412 e. The van der Waals surface area contributed by atoms with Crippen molar-refractivity contribution in [1.29, 1.82) is 0 Å². The number of ether oxygens (including phenoxy) is 1. The van der Waals surface area contributed by atoms with Crippen LogP contribution in [0.25, 0.3) is 0 Å². The van der Waals surface area contributed by atoms with Crippen molar-refractivity contribution in [3.8, 4) is 0 Å². The molecule has 1 heterocycles. The van der Waals surface area contributed by atoms with Crippen LogP contribution in [0.15, 0.2) is 0 Å². The Hall–Kier alpha value is -0.520. The molecule has 0 saturated heterocycles. The normalized spacial score (nSPS) is 9.58. The van der Waals surface area contributed by atoms with Gasteiger partial charge in [0, 0.05) is 0 Å². The van der Waals surface area contributed by atoms with Gasteiger partial charge in [0.2, 0.25) is 0 Å². The number of hydrogen-bond acceptors (Lipinski definition) is 4. The zero-order chi connectivity index (χ0) is 9.14. The van der Waals surface area contributed by atoms with Gasteiger partial charge in [0.05, 0.1) is 7.11 Å². The van der Waals surface area contributed by atoms with Crippen molar-refractivity contribution in [3.05, 3.63) is 8.80 Å². The number of amides is 1. The highest BCUT2D eigenvalue weighted by Gasteiger charge is 2.10. The van der Waals surface area contributed by atoms with Crippen molar-refractivity contribution >= 4 is 46.4 Å². The second-order valence-corrected chi connectivity index (χ2v) is 3.89. The molecule has 1 rings (SSSR count). The van der Waals surface area contributed by atoms with Crippen LogP contribution in [0, 0.1) is 0 Å². The molecule has 0 spiro atoms. The van der Waals surface area contributed by atoms with E-state index in [4.69, 9.17) is 23.2 Å². The number of anilines is 1. The van der Waals surface area contributed by atoms with Gasteiger partial charge in [0.15, 0.2) is 10.3 Å². The van der Waals surface area contributed by atoms with Crippen LogP contribution in [0.1, 0.15) is 0 Å². The highest BCUT2D eigenvalue weighted by Crippen LogP contribution is 2.31. The Morgan fingerprint density at radius 1 is 1.67 bits per heavy atom. The predicted molar refractivity (Wildman–Crippen MR) is 48.2 cm³/mol. The minimum Gasteiger partial charge on any atom is -0.453 e. The molecule has 0 aliphatic heterocycles. The summed E-state index contributed by atoms with van der Waals surface area (Å²) in [7, 11) is 1.25. The minimum absolute atomic E-state index is 0.221. The first-order chi connectivity index (χ1) is 5.63. The molecule has 0 aliphatic carbocycles. The summed E-state index contributed by atoms with van der Waals surface area (Å²) in [6.45, 7) is 0. The van der Waals surface area contributed by atoms with Crippen LogP contribution in [-0.4, -0.2) is 18.2 Å². The van der Waals surface area contributed by atoms with Crippen molar-refractivity contribution in [2.45, 2.75) is 0 Å². The first-order valence-electron chi connectivity index (χ1n) is 2.80. The van der Waals surface area contributed by atoms with Gasteiger partial charge < -0.3 is 4.74 Å². The lowest BCUT2D eigenvalue weighted by atomic mass is 10.8. The number of halogens is 2. The Bertz CT molecular complexity index is 302. The maximum atomic E-state index is 10.7. The molecule has 0 aliphatic rings. The van der Waals surface area contributed by atoms with Gasteiger partial charge in [0.1, 0.15) is 4.34 Å². The van der Waals surface area contributed by atoms with Crippen molar-refractivity contribution in [2.24, 2.45) is 0 Å². The van der Waals surface area contributed by atoms with Crippen LogP contribution in [0.3, 0.4) is 0 Å². The molecule has 0 atom stereocenters. The molecule has 7 heteroatoms.